The summed E-state index contributed by atoms with van der Waals surface area (Å²) >= 11 is 0. The molecule has 2 rings (SSSR count). The zero-order valence-electron chi connectivity index (χ0n) is 9.44. The molecule has 1 fully saturated rings. The van der Waals surface area contributed by atoms with Crippen molar-refractivity contribution in [1.82, 2.24) is 5.32 Å². The van der Waals surface area contributed by atoms with Gasteiger partial charge in [-0.25, -0.2) is 4.39 Å². The summed E-state index contributed by atoms with van der Waals surface area (Å²) in [5.41, 5.74) is -0.709. The van der Waals surface area contributed by atoms with Crippen molar-refractivity contribution in [3.8, 4) is 11.8 Å². The Morgan fingerprint density at radius 1 is 1.61 bits per heavy atom. The molecular formula is C12H11FN2O3. The molecule has 1 aliphatic rings. The van der Waals surface area contributed by atoms with Gasteiger partial charge in [-0.2, -0.15) is 5.26 Å². The highest BCUT2D eigenvalue weighted by Crippen LogP contribution is 2.28. The Labute approximate surface area is 103 Å². The molecule has 0 aliphatic carbocycles. The van der Waals surface area contributed by atoms with Crippen LogP contribution in [0.15, 0.2) is 18.2 Å². The van der Waals surface area contributed by atoms with E-state index in [9.17, 15) is 9.18 Å². The van der Waals surface area contributed by atoms with Crippen LogP contribution in [0.5, 0.6) is 5.75 Å². The van der Waals surface area contributed by atoms with Crippen molar-refractivity contribution in [2.24, 2.45) is 0 Å². The van der Waals surface area contributed by atoms with E-state index in [0.29, 0.717) is 13.1 Å². The van der Waals surface area contributed by atoms with Gasteiger partial charge in [0.1, 0.15) is 5.60 Å². The Balaban J connectivity index is 2.18. The number of hydrogen-bond donors (Lipinski definition) is 2. The highest BCUT2D eigenvalue weighted by molar-refractivity contribution is 5.68. The van der Waals surface area contributed by atoms with Crippen molar-refractivity contribution >= 4 is 5.97 Å². The van der Waals surface area contributed by atoms with E-state index in [1.807, 2.05) is 6.07 Å². The van der Waals surface area contributed by atoms with Gasteiger partial charge in [-0.1, -0.05) is 0 Å². The SMILES string of the molecule is N#Cc1ccc(OC2(CC(=O)O)CNC2)c(F)c1. The highest BCUT2D eigenvalue weighted by Gasteiger charge is 2.42. The maximum atomic E-state index is 13.6. The van der Waals surface area contributed by atoms with Gasteiger partial charge >= 0.3 is 5.97 Å². The lowest BCUT2D eigenvalue weighted by Crippen LogP contribution is -2.64. The van der Waals surface area contributed by atoms with Crippen LogP contribution < -0.4 is 10.1 Å². The number of nitrogens with one attached hydrogen (secondary N) is 1. The summed E-state index contributed by atoms with van der Waals surface area (Å²) in [6.07, 6.45) is -0.195. The van der Waals surface area contributed by atoms with Gasteiger partial charge < -0.3 is 15.2 Å². The van der Waals surface area contributed by atoms with Gasteiger partial charge in [-0.15, -0.1) is 0 Å². The van der Waals surface area contributed by atoms with E-state index in [-0.39, 0.29) is 17.7 Å². The molecule has 0 atom stereocenters. The Morgan fingerprint density at radius 3 is 2.78 bits per heavy atom. The number of aliphatic carboxylic acids is 1. The first kappa shape index (κ1) is 12.3. The van der Waals surface area contributed by atoms with Crippen LogP contribution in [0.25, 0.3) is 0 Å². The monoisotopic (exact) mass is 250 g/mol. The summed E-state index contributed by atoms with van der Waals surface area (Å²) in [6, 6.07) is 5.65. The molecule has 6 heteroatoms. The van der Waals surface area contributed by atoms with Crippen LogP contribution in [0, 0.1) is 17.1 Å². The van der Waals surface area contributed by atoms with E-state index in [1.165, 1.54) is 12.1 Å². The van der Waals surface area contributed by atoms with Crippen LogP contribution in [-0.4, -0.2) is 29.8 Å². The van der Waals surface area contributed by atoms with E-state index in [0.717, 1.165) is 6.07 Å². The number of carboxylic acids is 1. The number of carboxylic acid groups (broad SMARTS) is 1. The van der Waals surface area contributed by atoms with E-state index in [1.54, 1.807) is 0 Å². The smallest absolute Gasteiger partial charge is 0.307 e. The minimum atomic E-state index is -0.995. The molecule has 94 valence electrons. The number of nitrogens with zero attached hydrogens (tertiary/aromatic N) is 1. The number of benzene rings is 1. The summed E-state index contributed by atoms with van der Waals surface area (Å²) in [6.45, 7) is 0.720. The standard InChI is InChI=1S/C12H11FN2O3/c13-9-3-8(5-14)1-2-10(9)18-12(4-11(16)17)6-15-7-12/h1-3,15H,4,6-7H2,(H,16,17). The summed E-state index contributed by atoms with van der Waals surface area (Å²) in [4.78, 5) is 10.7. The molecule has 2 N–H and O–H groups in total. The van der Waals surface area contributed by atoms with Crippen LogP contribution >= 0.6 is 0 Å². The largest absolute Gasteiger partial charge is 0.481 e. The first-order valence-corrected chi connectivity index (χ1v) is 5.36. The third-order valence-corrected chi connectivity index (χ3v) is 2.76. The average molecular weight is 250 g/mol. The molecule has 18 heavy (non-hydrogen) atoms. The number of rotatable bonds is 4. The number of nitriles is 1. The van der Waals surface area contributed by atoms with Gasteiger partial charge in [0.2, 0.25) is 0 Å². The van der Waals surface area contributed by atoms with Gasteiger partial charge in [0, 0.05) is 13.1 Å². The van der Waals surface area contributed by atoms with Gasteiger partial charge in [0.15, 0.2) is 11.6 Å². The van der Waals surface area contributed by atoms with Gasteiger partial charge in [-0.05, 0) is 18.2 Å². The van der Waals surface area contributed by atoms with Gasteiger partial charge in [0.05, 0.1) is 18.1 Å². The molecule has 0 radical (unpaired) electrons. The van der Waals surface area contributed by atoms with Gasteiger partial charge in [-0.3, -0.25) is 4.79 Å². The fourth-order valence-electron chi connectivity index (χ4n) is 1.80. The summed E-state index contributed by atoms with van der Waals surface area (Å²) in [7, 11) is 0. The second-order valence-electron chi connectivity index (χ2n) is 4.22. The quantitative estimate of drug-likeness (QED) is 0.829. The summed E-state index contributed by atoms with van der Waals surface area (Å²) < 4.78 is 19.1. The Morgan fingerprint density at radius 2 is 2.33 bits per heavy atom. The molecule has 0 amide bonds. The van der Waals surface area contributed by atoms with Crippen LogP contribution in [0.1, 0.15) is 12.0 Å². The fourth-order valence-corrected chi connectivity index (χ4v) is 1.80. The van der Waals surface area contributed by atoms with E-state index in [4.69, 9.17) is 15.1 Å². The molecule has 1 aromatic rings. The lowest BCUT2D eigenvalue weighted by molar-refractivity contribution is -0.143. The molecule has 0 spiro atoms. The summed E-state index contributed by atoms with van der Waals surface area (Å²) in [5.74, 6) is -1.69. The highest BCUT2D eigenvalue weighted by atomic mass is 19.1. The molecule has 1 saturated heterocycles. The molecule has 5 nitrogen and oxygen atoms in total. The van der Waals surface area contributed by atoms with E-state index < -0.39 is 17.4 Å². The molecule has 0 bridgehead atoms. The third-order valence-electron chi connectivity index (χ3n) is 2.76. The predicted octanol–water partition coefficient (Wildman–Crippen LogP) is 0.893. The maximum absolute atomic E-state index is 13.6. The first-order chi connectivity index (χ1) is 8.54. The summed E-state index contributed by atoms with van der Waals surface area (Å²) in [5, 5.41) is 20.3. The maximum Gasteiger partial charge on any atom is 0.307 e. The minimum absolute atomic E-state index is 0.0308. The number of ether oxygens (including phenoxy) is 1. The van der Waals surface area contributed by atoms with Crippen LogP contribution in [-0.2, 0) is 4.79 Å². The fraction of sp³-hybridized carbons (Fsp3) is 0.333. The normalized spacial score (nSPS) is 16.4. The molecule has 0 saturated carbocycles. The third kappa shape index (κ3) is 2.41. The Bertz CT molecular complexity index is 521. The Hall–Kier alpha value is -2.13. The average Bonchev–Trinajstić information content (AvgIpc) is 2.28. The second-order valence-corrected chi connectivity index (χ2v) is 4.22. The van der Waals surface area contributed by atoms with Crippen molar-refractivity contribution in [2.75, 3.05) is 13.1 Å². The van der Waals surface area contributed by atoms with Crippen molar-refractivity contribution < 1.29 is 19.0 Å². The van der Waals surface area contributed by atoms with Crippen molar-refractivity contribution in [3.63, 3.8) is 0 Å². The van der Waals surface area contributed by atoms with Crippen LogP contribution in [0.4, 0.5) is 4.39 Å². The zero-order chi connectivity index (χ0) is 13.2. The molecule has 0 unspecified atom stereocenters. The predicted molar refractivity (Wildman–Crippen MR) is 59.6 cm³/mol. The lowest BCUT2D eigenvalue weighted by atomic mass is 9.92. The van der Waals surface area contributed by atoms with Crippen molar-refractivity contribution in [3.05, 3.63) is 29.6 Å². The molecular weight excluding hydrogens is 239 g/mol. The van der Waals surface area contributed by atoms with E-state index >= 15 is 0 Å². The Kier molecular flexibility index (Phi) is 3.17. The van der Waals surface area contributed by atoms with Crippen molar-refractivity contribution in [1.29, 1.82) is 5.26 Å². The van der Waals surface area contributed by atoms with Crippen LogP contribution in [0.3, 0.4) is 0 Å². The van der Waals surface area contributed by atoms with Crippen molar-refractivity contribution in [2.45, 2.75) is 12.0 Å². The number of carbonyl (C=O) groups is 1. The topological polar surface area (TPSA) is 82.3 Å². The minimum Gasteiger partial charge on any atom is -0.481 e. The molecule has 1 heterocycles. The molecule has 0 aromatic heterocycles. The lowest BCUT2D eigenvalue weighted by Gasteiger charge is -2.41. The molecule has 1 aliphatic heterocycles. The van der Waals surface area contributed by atoms with E-state index in [2.05, 4.69) is 5.32 Å². The second kappa shape index (κ2) is 4.63. The zero-order valence-corrected chi connectivity index (χ0v) is 9.44. The van der Waals surface area contributed by atoms with Gasteiger partial charge in [0.25, 0.3) is 0 Å². The number of hydrogen-bond acceptors (Lipinski definition) is 4. The molecule has 1 aromatic carbocycles. The van der Waals surface area contributed by atoms with Crippen LogP contribution in [0.2, 0.25) is 0 Å². The number of halogens is 1. The first-order valence-electron chi connectivity index (χ1n) is 5.36.